The third-order valence-electron chi connectivity index (χ3n) is 3.84. The van der Waals surface area contributed by atoms with Gasteiger partial charge in [0.15, 0.2) is 0 Å². The second-order valence-electron chi connectivity index (χ2n) is 5.62. The summed E-state index contributed by atoms with van der Waals surface area (Å²) in [5, 5.41) is 14.3. The summed E-state index contributed by atoms with van der Waals surface area (Å²) in [4.78, 5) is 12.2. The molecular weight excluding hydrogens is 363 g/mol. The van der Waals surface area contributed by atoms with Gasteiger partial charge in [0.2, 0.25) is 0 Å². The van der Waals surface area contributed by atoms with Gasteiger partial charge < -0.3 is 5.11 Å². The average molecular weight is 379 g/mol. The summed E-state index contributed by atoms with van der Waals surface area (Å²) in [5.74, 6) is -0.0792. The third-order valence-corrected chi connectivity index (χ3v) is 4.40. The Bertz CT molecular complexity index is 796. The van der Waals surface area contributed by atoms with E-state index in [9.17, 15) is 9.90 Å². The molecule has 8 heteroatoms. The Balaban J connectivity index is 1.56. The average Bonchev–Trinajstić information content (AvgIpc) is 3.06. The molecule has 1 amide bonds. The molecule has 0 spiro atoms. The monoisotopic (exact) mass is 378 g/mol. The number of phenolic OH excluding ortho intramolecular Hbond substituents is 1. The first kappa shape index (κ1) is 17.7. The van der Waals surface area contributed by atoms with Crippen molar-refractivity contribution in [2.24, 2.45) is 5.10 Å². The molecule has 4 N–H and O–H groups in total. The number of benzene rings is 2. The molecular formula is C17H16Cl2N4O2. The lowest BCUT2D eigenvalue weighted by Crippen LogP contribution is -2.41. The van der Waals surface area contributed by atoms with Crippen LogP contribution in [0.25, 0.3) is 0 Å². The van der Waals surface area contributed by atoms with Crippen LogP contribution in [0.5, 0.6) is 5.75 Å². The fourth-order valence-electron chi connectivity index (χ4n) is 2.52. The van der Waals surface area contributed by atoms with Gasteiger partial charge in [0.05, 0.1) is 6.21 Å². The Labute approximate surface area is 154 Å². The summed E-state index contributed by atoms with van der Waals surface area (Å²) in [5.41, 5.74) is 10.1. The van der Waals surface area contributed by atoms with Crippen molar-refractivity contribution in [2.75, 3.05) is 0 Å². The Morgan fingerprint density at radius 3 is 2.68 bits per heavy atom. The molecule has 0 bridgehead atoms. The standard InChI is InChI=1S/C17H16Cl2N4O2/c18-11-3-6-13(14(19)7-11)15-8-16(22-21-15)17(25)23-20-9-10-1-4-12(24)5-2-10/h1-7,9,15-16,21-22,24H,8H2,(H,23,25)/b20-9+. The highest BCUT2D eigenvalue weighted by molar-refractivity contribution is 6.35. The number of nitrogens with one attached hydrogen (secondary N) is 3. The number of phenols is 1. The second kappa shape index (κ2) is 7.84. The summed E-state index contributed by atoms with van der Waals surface area (Å²) in [7, 11) is 0. The highest BCUT2D eigenvalue weighted by atomic mass is 35.5. The summed E-state index contributed by atoms with van der Waals surface area (Å²) in [6, 6.07) is 11.2. The fraction of sp³-hybridized carbons (Fsp3) is 0.176. The van der Waals surface area contributed by atoms with Crippen LogP contribution in [0.2, 0.25) is 10.0 Å². The maximum Gasteiger partial charge on any atom is 0.258 e. The zero-order chi connectivity index (χ0) is 17.8. The molecule has 0 aromatic heterocycles. The number of amides is 1. The maximum atomic E-state index is 12.2. The zero-order valence-electron chi connectivity index (χ0n) is 13.0. The van der Waals surface area contributed by atoms with E-state index in [1.807, 2.05) is 6.07 Å². The molecule has 130 valence electrons. The summed E-state index contributed by atoms with van der Waals surface area (Å²) >= 11 is 12.1. The molecule has 0 radical (unpaired) electrons. The van der Waals surface area contributed by atoms with E-state index >= 15 is 0 Å². The molecule has 0 saturated carbocycles. The van der Waals surface area contributed by atoms with Gasteiger partial charge in [-0.25, -0.2) is 16.3 Å². The Kier molecular flexibility index (Phi) is 5.55. The number of nitrogens with zero attached hydrogens (tertiary/aromatic N) is 1. The van der Waals surface area contributed by atoms with Crippen molar-refractivity contribution in [3.63, 3.8) is 0 Å². The quantitative estimate of drug-likeness (QED) is 0.486. The summed E-state index contributed by atoms with van der Waals surface area (Å²) < 4.78 is 0. The minimum Gasteiger partial charge on any atom is -0.508 e. The van der Waals surface area contributed by atoms with Crippen LogP contribution in [0.4, 0.5) is 0 Å². The van der Waals surface area contributed by atoms with Crippen LogP contribution < -0.4 is 16.3 Å². The predicted molar refractivity (Wildman–Crippen MR) is 97.7 cm³/mol. The number of hydrogen-bond acceptors (Lipinski definition) is 5. The van der Waals surface area contributed by atoms with Crippen molar-refractivity contribution in [3.8, 4) is 5.75 Å². The number of halogens is 2. The molecule has 1 heterocycles. The number of carbonyl (C=O) groups excluding carboxylic acids is 1. The van der Waals surface area contributed by atoms with Crippen molar-refractivity contribution in [3.05, 3.63) is 63.6 Å². The lowest BCUT2D eigenvalue weighted by Gasteiger charge is -2.11. The summed E-state index contributed by atoms with van der Waals surface area (Å²) in [6.07, 6.45) is 2.04. The molecule has 1 aliphatic heterocycles. The van der Waals surface area contributed by atoms with E-state index in [-0.39, 0.29) is 17.7 Å². The number of carbonyl (C=O) groups is 1. The number of rotatable bonds is 4. The number of hydrazone groups is 1. The Morgan fingerprint density at radius 1 is 1.20 bits per heavy atom. The van der Waals surface area contributed by atoms with E-state index in [1.165, 1.54) is 6.21 Å². The second-order valence-corrected chi connectivity index (χ2v) is 6.46. The molecule has 1 fully saturated rings. The normalized spacial score (nSPS) is 20.1. The SMILES string of the molecule is O=C(N/N=C/c1ccc(O)cc1)C1CC(c2ccc(Cl)cc2Cl)NN1. The van der Waals surface area contributed by atoms with Gasteiger partial charge in [0, 0.05) is 16.1 Å². The zero-order valence-corrected chi connectivity index (χ0v) is 14.6. The molecule has 0 aliphatic carbocycles. The number of aromatic hydroxyl groups is 1. The molecule has 25 heavy (non-hydrogen) atoms. The maximum absolute atomic E-state index is 12.2. The van der Waals surface area contributed by atoms with Gasteiger partial charge >= 0.3 is 0 Å². The van der Waals surface area contributed by atoms with Crippen molar-refractivity contribution >= 4 is 35.3 Å². The Hall–Kier alpha value is -2.12. The van der Waals surface area contributed by atoms with Crippen molar-refractivity contribution in [1.82, 2.24) is 16.3 Å². The van der Waals surface area contributed by atoms with Gasteiger partial charge in [-0.2, -0.15) is 5.10 Å². The van der Waals surface area contributed by atoms with Crippen molar-refractivity contribution in [1.29, 1.82) is 0 Å². The van der Waals surface area contributed by atoms with Crippen LogP contribution in [0.15, 0.2) is 47.6 Å². The van der Waals surface area contributed by atoms with Gasteiger partial charge in [-0.05, 0) is 53.9 Å². The first-order valence-corrected chi connectivity index (χ1v) is 8.36. The van der Waals surface area contributed by atoms with E-state index in [2.05, 4.69) is 21.4 Å². The topological polar surface area (TPSA) is 85.8 Å². The van der Waals surface area contributed by atoms with Crippen molar-refractivity contribution < 1.29 is 9.90 Å². The van der Waals surface area contributed by atoms with E-state index in [0.717, 1.165) is 11.1 Å². The fourth-order valence-corrected chi connectivity index (χ4v) is 3.07. The van der Waals surface area contributed by atoms with Gasteiger partial charge in [-0.1, -0.05) is 29.3 Å². The van der Waals surface area contributed by atoms with E-state index in [0.29, 0.717) is 16.5 Å². The molecule has 1 saturated heterocycles. The molecule has 2 aromatic carbocycles. The van der Waals surface area contributed by atoms with Crippen LogP contribution in [0.1, 0.15) is 23.6 Å². The van der Waals surface area contributed by atoms with Crippen LogP contribution in [-0.4, -0.2) is 23.3 Å². The summed E-state index contributed by atoms with van der Waals surface area (Å²) in [6.45, 7) is 0. The van der Waals surface area contributed by atoms with Gasteiger partial charge in [-0.15, -0.1) is 0 Å². The van der Waals surface area contributed by atoms with Crippen LogP contribution in [0, 0.1) is 0 Å². The largest absolute Gasteiger partial charge is 0.508 e. The molecule has 6 nitrogen and oxygen atoms in total. The molecule has 2 atom stereocenters. The lowest BCUT2D eigenvalue weighted by atomic mass is 10.0. The Morgan fingerprint density at radius 2 is 1.96 bits per heavy atom. The first-order chi connectivity index (χ1) is 12.0. The number of hydrazine groups is 1. The van der Waals surface area contributed by atoms with E-state index < -0.39 is 6.04 Å². The van der Waals surface area contributed by atoms with Crippen LogP contribution in [-0.2, 0) is 4.79 Å². The van der Waals surface area contributed by atoms with E-state index in [4.69, 9.17) is 23.2 Å². The smallest absolute Gasteiger partial charge is 0.258 e. The molecule has 1 aliphatic rings. The highest BCUT2D eigenvalue weighted by Crippen LogP contribution is 2.30. The van der Waals surface area contributed by atoms with Gasteiger partial charge in [-0.3, -0.25) is 4.79 Å². The number of hydrogen-bond donors (Lipinski definition) is 4. The minimum atomic E-state index is -0.436. The highest BCUT2D eigenvalue weighted by Gasteiger charge is 2.31. The third kappa shape index (κ3) is 4.49. The van der Waals surface area contributed by atoms with Gasteiger partial charge in [0.1, 0.15) is 11.8 Å². The van der Waals surface area contributed by atoms with Crippen molar-refractivity contribution in [2.45, 2.75) is 18.5 Å². The predicted octanol–water partition coefficient (Wildman–Crippen LogP) is 2.76. The molecule has 3 rings (SSSR count). The minimum absolute atomic E-state index is 0.0957. The lowest BCUT2D eigenvalue weighted by molar-refractivity contribution is -0.122. The molecule has 2 unspecified atom stereocenters. The van der Waals surface area contributed by atoms with E-state index in [1.54, 1.807) is 36.4 Å². The van der Waals surface area contributed by atoms with Crippen LogP contribution >= 0.6 is 23.2 Å². The molecule has 2 aromatic rings. The first-order valence-electron chi connectivity index (χ1n) is 7.61. The van der Waals surface area contributed by atoms with Crippen LogP contribution in [0.3, 0.4) is 0 Å². The van der Waals surface area contributed by atoms with Gasteiger partial charge in [0.25, 0.3) is 5.91 Å².